The molecule has 0 radical (unpaired) electrons. The van der Waals surface area contributed by atoms with Crippen LogP contribution >= 0.6 is 0 Å². The summed E-state index contributed by atoms with van der Waals surface area (Å²) in [6.07, 6.45) is 4.97. The predicted octanol–water partition coefficient (Wildman–Crippen LogP) is 0.485. The zero-order valence-corrected chi connectivity index (χ0v) is 9.95. The average molecular weight is 240 g/mol. The van der Waals surface area contributed by atoms with Crippen molar-refractivity contribution in [2.75, 3.05) is 6.54 Å². The number of hydrogen-bond donors (Lipinski definition) is 3. The van der Waals surface area contributed by atoms with Gasteiger partial charge in [-0.05, 0) is 25.7 Å². The quantitative estimate of drug-likeness (QED) is 0.666. The van der Waals surface area contributed by atoms with E-state index in [1.165, 1.54) is 0 Å². The largest absolute Gasteiger partial charge is 0.481 e. The van der Waals surface area contributed by atoms with Crippen molar-refractivity contribution in [2.45, 2.75) is 44.6 Å². The topological polar surface area (TPSA) is 92.4 Å². The highest BCUT2D eigenvalue weighted by Gasteiger charge is 2.45. The highest BCUT2D eigenvalue weighted by molar-refractivity contribution is 5.81. The average Bonchev–Trinajstić information content (AvgIpc) is 2.62. The van der Waals surface area contributed by atoms with E-state index in [2.05, 4.69) is 5.32 Å². The molecule has 0 aliphatic heterocycles. The van der Waals surface area contributed by atoms with E-state index in [1.807, 2.05) is 0 Å². The summed E-state index contributed by atoms with van der Waals surface area (Å²) < 4.78 is 0. The van der Waals surface area contributed by atoms with Gasteiger partial charge in [0.15, 0.2) is 0 Å². The van der Waals surface area contributed by atoms with Gasteiger partial charge in [0, 0.05) is 12.6 Å². The van der Waals surface area contributed by atoms with Gasteiger partial charge in [-0.25, -0.2) is 0 Å². The Hall–Kier alpha value is -1.10. The maximum absolute atomic E-state index is 11.9. The van der Waals surface area contributed by atoms with E-state index in [-0.39, 0.29) is 24.4 Å². The molecule has 0 heterocycles. The molecule has 0 bridgehead atoms. The van der Waals surface area contributed by atoms with Crippen molar-refractivity contribution in [3.8, 4) is 0 Å². The molecule has 96 valence electrons. The number of nitrogens with one attached hydrogen (secondary N) is 1. The van der Waals surface area contributed by atoms with E-state index < -0.39 is 11.4 Å². The first-order chi connectivity index (χ1) is 8.05. The number of carboxylic acids is 1. The highest BCUT2D eigenvalue weighted by atomic mass is 16.4. The summed E-state index contributed by atoms with van der Waals surface area (Å²) in [4.78, 5) is 23.0. The molecule has 0 aromatic heterocycles. The number of carbonyl (C=O) groups is 2. The fraction of sp³-hybridized carbons (Fsp3) is 0.833. The summed E-state index contributed by atoms with van der Waals surface area (Å²) in [6.45, 7) is 0.254. The molecule has 1 amide bonds. The van der Waals surface area contributed by atoms with Crippen LogP contribution < -0.4 is 11.1 Å². The Balaban J connectivity index is 1.85. The molecule has 5 nitrogen and oxygen atoms in total. The minimum absolute atomic E-state index is 0.0582. The predicted molar refractivity (Wildman–Crippen MR) is 62.2 cm³/mol. The van der Waals surface area contributed by atoms with Crippen LogP contribution in [0.5, 0.6) is 0 Å². The van der Waals surface area contributed by atoms with E-state index in [0.29, 0.717) is 12.8 Å². The number of carbonyl (C=O) groups excluding carboxylic acids is 1. The van der Waals surface area contributed by atoms with Crippen molar-refractivity contribution < 1.29 is 14.7 Å². The van der Waals surface area contributed by atoms with Crippen LogP contribution in [0.1, 0.15) is 38.5 Å². The summed E-state index contributed by atoms with van der Waals surface area (Å²) in [6, 6.07) is -0.0582. The van der Waals surface area contributed by atoms with Crippen LogP contribution in [0.4, 0.5) is 0 Å². The Morgan fingerprint density at radius 1 is 1.29 bits per heavy atom. The second-order valence-electron chi connectivity index (χ2n) is 5.36. The van der Waals surface area contributed by atoms with Gasteiger partial charge in [-0.3, -0.25) is 9.59 Å². The molecule has 2 aliphatic carbocycles. The van der Waals surface area contributed by atoms with Crippen molar-refractivity contribution in [1.29, 1.82) is 0 Å². The van der Waals surface area contributed by atoms with Gasteiger partial charge in [-0.2, -0.15) is 0 Å². The van der Waals surface area contributed by atoms with Crippen molar-refractivity contribution in [1.82, 2.24) is 5.32 Å². The summed E-state index contributed by atoms with van der Waals surface area (Å²) >= 11 is 0. The number of carboxylic acid groups (broad SMARTS) is 1. The van der Waals surface area contributed by atoms with E-state index in [9.17, 15) is 9.59 Å². The second-order valence-corrected chi connectivity index (χ2v) is 5.36. The van der Waals surface area contributed by atoms with Gasteiger partial charge < -0.3 is 16.2 Å². The number of nitrogens with two attached hydrogens (primary N) is 1. The summed E-state index contributed by atoms with van der Waals surface area (Å²) in [5.74, 6) is -0.983. The Morgan fingerprint density at radius 2 is 2.00 bits per heavy atom. The molecule has 2 saturated carbocycles. The van der Waals surface area contributed by atoms with Crippen LogP contribution in [0.15, 0.2) is 0 Å². The standard InChI is InChI=1S/C12H20N2O3/c13-9-4-1-3-8(9)10(15)14-7-12(11(16)17)5-2-6-12/h8-9H,1-7,13H2,(H,14,15)(H,16,17). The molecule has 5 heteroatoms. The van der Waals surface area contributed by atoms with Crippen LogP contribution in [0.25, 0.3) is 0 Å². The number of hydrogen-bond acceptors (Lipinski definition) is 3. The molecule has 0 saturated heterocycles. The van der Waals surface area contributed by atoms with Gasteiger partial charge in [0.1, 0.15) is 0 Å². The molecule has 0 aromatic rings. The monoisotopic (exact) mass is 240 g/mol. The Morgan fingerprint density at radius 3 is 2.41 bits per heavy atom. The fourth-order valence-corrected chi connectivity index (χ4v) is 2.77. The molecule has 2 aliphatic rings. The van der Waals surface area contributed by atoms with Gasteiger partial charge in [0.25, 0.3) is 0 Å². The smallest absolute Gasteiger partial charge is 0.311 e. The Kier molecular flexibility index (Phi) is 3.38. The summed E-state index contributed by atoms with van der Waals surface area (Å²) in [5, 5.41) is 11.9. The summed E-state index contributed by atoms with van der Waals surface area (Å²) in [7, 11) is 0. The lowest BCUT2D eigenvalue weighted by molar-refractivity contribution is -0.154. The minimum atomic E-state index is -0.792. The number of aliphatic carboxylic acids is 1. The van der Waals surface area contributed by atoms with Gasteiger partial charge in [0.05, 0.1) is 11.3 Å². The Bertz CT molecular complexity index is 326. The lowest BCUT2D eigenvalue weighted by Crippen LogP contribution is -2.49. The number of rotatable bonds is 4. The molecule has 4 N–H and O–H groups in total. The molecule has 17 heavy (non-hydrogen) atoms. The van der Waals surface area contributed by atoms with Crippen molar-refractivity contribution in [2.24, 2.45) is 17.1 Å². The molecular formula is C12H20N2O3. The zero-order chi connectivity index (χ0) is 12.5. The van der Waals surface area contributed by atoms with E-state index >= 15 is 0 Å². The van der Waals surface area contributed by atoms with Crippen molar-refractivity contribution in [3.63, 3.8) is 0 Å². The second kappa shape index (κ2) is 4.64. The third-order valence-electron chi connectivity index (χ3n) is 4.27. The molecule has 2 atom stereocenters. The first-order valence-corrected chi connectivity index (χ1v) is 6.32. The summed E-state index contributed by atoms with van der Waals surface area (Å²) in [5.41, 5.74) is 5.14. The van der Waals surface area contributed by atoms with Crippen LogP contribution in [0.3, 0.4) is 0 Å². The van der Waals surface area contributed by atoms with Crippen LogP contribution in [0, 0.1) is 11.3 Å². The zero-order valence-electron chi connectivity index (χ0n) is 9.95. The minimum Gasteiger partial charge on any atom is -0.481 e. The Labute approximate surface area is 101 Å². The first kappa shape index (κ1) is 12.4. The fourth-order valence-electron chi connectivity index (χ4n) is 2.77. The van der Waals surface area contributed by atoms with Gasteiger partial charge in [-0.1, -0.05) is 12.8 Å². The lowest BCUT2D eigenvalue weighted by atomic mass is 9.68. The highest BCUT2D eigenvalue weighted by Crippen LogP contribution is 2.40. The van der Waals surface area contributed by atoms with Gasteiger partial charge >= 0.3 is 5.97 Å². The molecule has 2 unspecified atom stereocenters. The maximum Gasteiger partial charge on any atom is 0.311 e. The van der Waals surface area contributed by atoms with Crippen LogP contribution in [-0.4, -0.2) is 29.6 Å². The third kappa shape index (κ3) is 2.29. The SMILES string of the molecule is NC1CCCC1C(=O)NCC1(C(=O)O)CCC1. The molecule has 0 spiro atoms. The van der Waals surface area contributed by atoms with Crippen LogP contribution in [-0.2, 0) is 9.59 Å². The molecular weight excluding hydrogens is 220 g/mol. The van der Waals surface area contributed by atoms with E-state index in [0.717, 1.165) is 25.7 Å². The van der Waals surface area contributed by atoms with Crippen molar-refractivity contribution >= 4 is 11.9 Å². The van der Waals surface area contributed by atoms with Gasteiger partial charge in [0.2, 0.25) is 5.91 Å². The van der Waals surface area contributed by atoms with E-state index in [4.69, 9.17) is 10.8 Å². The molecule has 2 rings (SSSR count). The van der Waals surface area contributed by atoms with Crippen LogP contribution in [0.2, 0.25) is 0 Å². The normalized spacial score (nSPS) is 30.6. The lowest BCUT2D eigenvalue weighted by Gasteiger charge is -2.37. The molecule has 0 aromatic carbocycles. The molecule has 2 fully saturated rings. The first-order valence-electron chi connectivity index (χ1n) is 6.32. The van der Waals surface area contributed by atoms with Crippen molar-refractivity contribution in [3.05, 3.63) is 0 Å². The number of amides is 1. The maximum atomic E-state index is 11.9. The third-order valence-corrected chi connectivity index (χ3v) is 4.27. The van der Waals surface area contributed by atoms with E-state index in [1.54, 1.807) is 0 Å². The van der Waals surface area contributed by atoms with Gasteiger partial charge in [-0.15, -0.1) is 0 Å².